The summed E-state index contributed by atoms with van der Waals surface area (Å²) in [4.78, 5) is 11.0. The molecule has 3 N–H and O–H groups in total. The quantitative estimate of drug-likeness (QED) is 0.726. The monoisotopic (exact) mass is 293 g/mol. The maximum Gasteiger partial charge on any atom is 0.221 e. The van der Waals surface area contributed by atoms with Crippen LogP contribution in [0.3, 0.4) is 0 Å². The predicted molar refractivity (Wildman–Crippen MR) is 85.5 cm³/mol. The van der Waals surface area contributed by atoms with Crippen LogP contribution in [0.15, 0.2) is 54.7 Å². The SMILES string of the molecule is CC(=O)Nc1ccc(-c2cnnn2-c2ccc(N)cc2)cc1. The summed E-state index contributed by atoms with van der Waals surface area (Å²) in [6.45, 7) is 1.48. The van der Waals surface area contributed by atoms with Gasteiger partial charge in [-0.2, -0.15) is 0 Å². The number of aromatic nitrogens is 3. The van der Waals surface area contributed by atoms with Crippen LogP contribution in [0.1, 0.15) is 6.92 Å². The number of nitrogens with zero attached hydrogens (tertiary/aromatic N) is 3. The molecule has 2 aromatic carbocycles. The van der Waals surface area contributed by atoms with Gasteiger partial charge in [0, 0.05) is 23.9 Å². The van der Waals surface area contributed by atoms with Crippen LogP contribution in [0.25, 0.3) is 16.9 Å². The molecule has 0 saturated carbocycles. The molecule has 110 valence electrons. The van der Waals surface area contributed by atoms with E-state index in [1.165, 1.54) is 6.92 Å². The second-order valence-corrected chi connectivity index (χ2v) is 4.88. The molecule has 0 fully saturated rings. The van der Waals surface area contributed by atoms with Crippen molar-refractivity contribution in [2.75, 3.05) is 11.1 Å². The maximum absolute atomic E-state index is 11.0. The van der Waals surface area contributed by atoms with Gasteiger partial charge in [-0.1, -0.05) is 17.3 Å². The largest absolute Gasteiger partial charge is 0.399 e. The van der Waals surface area contributed by atoms with Crippen molar-refractivity contribution in [3.63, 3.8) is 0 Å². The number of anilines is 2. The molecule has 0 aliphatic carbocycles. The van der Waals surface area contributed by atoms with E-state index >= 15 is 0 Å². The predicted octanol–water partition coefficient (Wildman–Crippen LogP) is 2.47. The molecule has 1 amide bonds. The van der Waals surface area contributed by atoms with E-state index in [4.69, 9.17) is 5.73 Å². The minimum atomic E-state index is -0.0960. The lowest BCUT2D eigenvalue weighted by atomic mass is 10.1. The van der Waals surface area contributed by atoms with Gasteiger partial charge in [-0.05, 0) is 36.4 Å². The molecular weight excluding hydrogens is 278 g/mol. The molecule has 1 aromatic heterocycles. The molecule has 6 heteroatoms. The maximum atomic E-state index is 11.0. The third-order valence-electron chi connectivity index (χ3n) is 3.19. The van der Waals surface area contributed by atoms with Gasteiger partial charge in [-0.3, -0.25) is 4.79 Å². The Kier molecular flexibility index (Phi) is 3.57. The summed E-state index contributed by atoms with van der Waals surface area (Å²) in [6, 6.07) is 14.9. The Morgan fingerprint density at radius 3 is 2.41 bits per heavy atom. The lowest BCUT2D eigenvalue weighted by molar-refractivity contribution is -0.114. The first-order valence-corrected chi connectivity index (χ1v) is 6.78. The van der Waals surface area contributed by atoms with Crippen molar-refractivity contribution in [3.05, 3.63) is 54.7 Å². The molecule has 0 saturated heterocycles. The zero-order valence-electron chi connectivity index (χ0n) is 12.0. The average molecular weight is 293 g/mol. The standard InChI is InChI=1S/C16H15N5O/c1-11(22)19-14-6-2-12(3-7-14)16-10-18-20-21(16)15-8-4-13(17)5-9-15/h2-10H,17H2,1H3,(H,19,22). The fourth-order valence-corrected chi connectivity index (χ4v) is 2.17. The molecule has 0 aliphatic heterocycles. The first-order valence-electron chi connectivity index (χ1n) is 6.78. The summed E-state index contributed by atoms with van der Waals surface area (Å²) >= 11 is 0. The lowest BCUT2D eigenvalue weighted by Crippen LogP contribution is -2.05. The van der Waals surface area contributed by atoms with Gasteiger partial charge in [0.05, 0.1) is 17.6 Å². The number of amides is 1. The smallest absolute Gasteiger partial charge is 0.221 e. The second-order valence-electron chi connectivity index (χ2n) is 4.88. The van der Waals surface area contributed by atoms with Crippen LogP contribution in [0.5, 0.6) is 0 Å². The van der Waals surface area contributed by atoms with E-state index in [9.17, 15) is 4.79 Å². The highest BCUT2D eigenvalue weighted by atomic mass is 16.1. The van der Waals surface area contributed by atoms with Crippen LogP contribution >= 0.6 is 0 Å². The van der Waals surface area contributed by atoms with Crippen molar-refractivity contribution < 1.29 is 4.79 Å². The van der Waals surface area contributed by atoms with E-state index in [2.05, 4.69) is 15.6 Å². The van der Waals surface area contributed by atoms with Crippen LogP contribution in [0.4, 0.5) is 11.4 Å². The highest BCUT2D eigenvalue weighted by Gasteiger charge is 2.08. The fourth-order valence-electron chi connectivity index (χ4n) is 2.17. The van der Waals surface area contributed by atoms with Gasteiger partial charge >= 0.3 is 0 Å². The molecule has 3 aromatic rings. The molecule has 0 bridgehead atoms. The summed E-state index contributed by atoms with van der Waals surface area (Å²) in [6.07, 6.45) is 1.70. The highest BCUT2D eigenvalue weighted by Crippen LogP contribution is 2.23. The molecule has 1 heterocycles. The number of hydrogen-bond donors (Lipinski definition) is 2. The fraction of sp³-hybridized carbons (Fsp3) is 0.0625. The van der Waals surface area contributed by atoms with Crippen molar-refractivity contribution >= 4 is 17.3 Å². The Labute approximate surface area is 127 Å². The number of nitrogens with one attached hydrogen (secondary N) is 1. The Hall–Kier alpha value is -3.15. The molecule has 0 radical (unpaired) electrons. The first kappa shape index (κ1) is 13.8. The van der Waals surface area contributed by atoms with Crippen LogP contribution in [-0.2, 0) is 4.79 Å². The zero-order chi connectivity index (χ0) is 15.5. The van der Waals surface area contributed by atoms with E-state index in [-0.39, 0.29) is 5.91 Å². The summed E-state index contributed by atoms with van der Waals surface area (Å²) in [5, 5.41) is 10.8. The molecule has 0 spiro atoms. The number of carbonyl (C=O) groups is 1. The van der Waals surface area contributed by atoms with E-state index in [1.807, 2.05) is 48.5 Å². The molecule has 22 heavy (non-hydrogen) atoms. The number of nitrogen functional groups attached to an aromatic ring is 1. The molecular formula is C16H15N5O. The minimum Gasteiger partial charge on any atom is -0.399 e. The third kappa shape index (κ3) is 2.80. The van der Waals surface area contributed by atoms with E-state index in [1.54, 1.807) is 10.9 Å². The van der Waals surface area contributed by atoms with Gasteiger partial charge in [-0.25, -0.2) is 4.68 Å². The van der Waals surface area contributed by atoms with Gasteiger partial charge in [0.1, 0.15) is 0 Å². The number of rotatable bonds is 3. The molecule has 0 unspecified atom stereocenters. The van der Waals surface area contributed by atoms with Crippen LogP contribution in [0.2, 0.25) is 0 Å². The van der Waals surface area contributed by atoms with Gasteiger partial charge < -0.3 is 11.1 Å². The Bertz CT molecular complexity index is 790. The summed E-state index contributed by atoms with van der Waals surface area (Å²) in [5.41, 5.74) is 9.85. The molecule has 0 atom stereocenters. The van der Waals surface area contributed by atoms with Crippen molar-refractivity contribution in [3.8, 4) is 16.9 Å². The van der Waals surface area contributed by atoms with E-state index in [0.717, 1.165) is 22.6 Å². The molecule has 6 nitrogen and oxygen atoms in total. The van der Waals surface area contributed by atoms with Gasteiger partial charge in [0.15, 0.2) is 0 Å². The van der Waals surface area contributed by atoms with Crippen LogP contribution < -0.4 is 11.1 Å². The Morgan fingerprint density at radius 2 is 1.77 bits per heavy atom. The van der Waals surface area contributed by atoms with Crippen LogP contribution in [0, 0.1) is 0 Å². The summed E-state index contributed by atoms with van der Waals surface area (Å²) in [7, 11) is 0. The Morgan fingerprint density at radius 1 is 1.09 bits per heavy atom. The van der Waals surface area contributed by atoms with Gasteiger partial charge in [0.25, 0.3) is 0 Å². The van der Waals surface area contributed by atoms with E-state index in [0.29, 0.717) is 5.69 Å². The zero-order valence-corrected chi connectivity index (χ0v) is 12.0. The van der Waals surface area contributed by atoms with Crippen molar-refractivity contribution in [1.82, 2.24) is 15.0 Å². The third-order valence-corrected chi connectivity index (χ3v) is 3.19. The van der Waals surface area contributed by atoms with Crippen molar-refractivity contribution in [1.29, 1.82) is 0 Å². The second kappa shape index (κ2) is 5.69. The van der Waals surface area contributed by atoms with Crippen molar-refractivity contribution in [2.24, 2.45) is 0 Å². The minimum absolute atomic E-state index is 0.0960. The number of benzene rings is 2. The Balaban J connectivity index is 1.94. The summed E-state index contributed by atoms with van der Waals surface area (Å²) in [5.74, 6) is -0.0960. The molecule has 0 aliphatic rings. The number of hydrogen-bond acceptors (Lipinski definition) is 4. The lowest BCUT2D eigenvalue weighted by Gasteiger charge is -2.08. The number of nitrogens with two attached hydrogens (primary N) is 1. The molecule has 3 rings (SSSR count). The first-order chi connectivity index (χ1) is 10.6. The summed E-state index contributed by atoms with van der Waals surface area (Å²) < 4.78 is 1.74. The topological polar surface area (TPSA) is 85.8 Å². The van der Waals surface area contributed by atoms with Gasteiger partial charge in [0.2, 0.25) is 5.91 Å². The van der Waals surface area contributed by atoms with Crippen LogP contribution in [-0.4, -0.2) is 20.9 Å². The normalized spacial score (nSPS) is 10.4. The van der Waals surface area contributed by atoms with E-state index < -0.39 is 0 Å². The van der Waals surface area contributed by atoms with Gasteiger partial charge in [-0.15, -0.1) is 5.10 Å². The number of carbonyl (C=O) groups excluding carboxylic acids is 1. The van der Waals surface area contributed by atoms with Crippen molar-refractivity contribution in [2.45, 2.75) is 6.92 Å². The average Bonchev–Trinajstić information content (AvgIpc) is 2.97. The highest BCUT2D eigenvalue weighted by molar-refractivity contribution is 5.88.